The first-order valence-electron chi connectivity index (χ1n) is 8.47. The molecular formula is C20H22N2O3. The third-order valence-corrected chi connectivity index (χ3v) is 4.05. The highest BCUT2D eigenvalue weighted by atomic mass is 16.5. The molecule has 2 aromatic rings. The van der Waals surface area contributed by atoms with Crippen LogP contribution in [-0.2, 0) is 4.79 Å². The monoisotopic (exact) mass is 338 g/mol. The van der Waals surface area contributed by atoms with Crippen LogP contribution in [0.25, 0.3) is 0 Å². The van der Waals surface area contributed by atoms with E-state index in [-0.39, 0.29) is 17.9 Å². The van der Waals surface area contributed by atoms with Crippen molar-refractivity contribution in [3.8, 4) is 5.75 Å². The van der Waals surface area contributed by atoms with Gasteiger partial charge in [-0.3, -0.25) is 9.59 Å². The molecular weight excluding hydrogens is 316 g/mol. The maximum absolute atomic E-state index is 12.4. The molecule has 2 amide bonds. The molecule has 0 bridgehead atoms. The molecule has 1 aliphatic rings. The van der Waals surface area contributed by atoms with E-state index in [1.807, 2.05) is 31.2 Å². The molecule has 5 nitrogen and oxygen atoms in total. The van der Waals surface area contributed by atoms with Crippen LogP contribution in [0.2, 0.25) is 0 Å². The van der Waals surface area contributed by atoms with Crippen molar-refractivity contribution in [3.05, 3.63) is 59.7 Å². The van der Waals surface area contributed by atoms with Crippen LogP contribution < -0.4 is 15.4 Å². The van der Waals surface area contributed by atoms with Crippen molar-refractivity contribution in [2.75, 3.05) is 5.32 Å². The minimum Gasteiger partial charge on any atom is -0.481 e. The van der Waals surface area contributed by atoms with E-state index in [9.17, 15) is 9.59 Å². The van der Waals surface area contributed by atoms with Crippen LogP contribution >= 0.6 is 0 Å². The highest BCUT2D eigenvalue weighted by Crippen LogP contribution is 2.22. The van der Waals surface area contributed by atoms with Gasteiger partial charge in [0.25, 0.3) is 11.8 Å². The van der Waals surface area contributed by atoms with Gasteiger partial charge in [0, 0.05) is 6.04 Å². The molecule has 1 fully saturated rings. The first-order valence-corrected chi connectivity index (χ1v) is 8.47. The number of amides is 2. The van der Waals surface area contributed by atoms with Crippen molar-refractivity contribution in [1.82, 2.24) is 5.32 Å². The van der Waals surface area contributed by atoms with Crippen molar-refractivity contribution >= 4 is 17.5 Å². The minimum absolute atomic E-state index is 0.162. The molecule has 2 N–H and O–H groups in total. The van der Waals surface area contributed by atoms with Gasteiger partial charge in [-0.15, -0.1) is 0 Å². The Bertz CT molecular complexity index is 767. The van der Waals surface area contributed by atoms with Crippen LogP contribution in [0, 0.1) is 6.92 Å². The summed E-state index contributed by atoms with van der Waals surface area (Å²) >= 11 is 0. The summed E-state index contributed by atoms with van der Waals surface area (Å²) in [5.41, 5.74) is 2.08. The Balaban J connectivity index is 1.65. The molecule has 3 rings (SSSR count). The standard InChI is InChI=1S/C20H22N2O3/c1-13-7-11-16(12-8-13)25-14(2)19(23)22-18-6-4-3-5-17(18)20(24)21-15-9-10-15/h3-8,11-12,14-15H,9-10H2,1-2H3,(H,21,24)(H,22,23). The fourth-order valence-corrected chi connectivity index (χ4v) is 2.39. The number of anilines is 1. The Labute approximate surface area is 147 Å². The normalized spacial score (nSPS) is 14.5. The summed E-state index contributed by atoms with van der Waals surface area (Å²) in [5.74, 6) is 0.172. The van der Waals surface area contributed by atoms with Gasteiger partial charge in [-0.2, -0.15) is 0 Å². The summed E-state index contributed by atoms with van der Waals surface area (Å²) < 4.78 is 5.67. The van der Waals surface area contributed by atoms with Crippen LogP contribution in [-0.4, -0.2) is 24.0 Å². The van der Waals surface area contributed by atoms with E-state index in [4.69, 9.17) is 4.74 Å². The molecule has 1 saturated carbocycles. The maximum Gasteiger partial charge on any atom is 0.265 e. The number of hydrogen-bond acceptors (Lipinski definition) is 3. The third-order valence-electron chi connectivity index (χ3n) is 4.05. The van der Waals surface area contributed by atoms with Gasteiger partial charge < -0.3 is 15.4 Å². The third kappa shape index (κ3) is 4.59. The molecule has 2 aromatic carbocycles. The fraction of sp³-hybridized carbons (Fsp3) is 0.300. The van der Waals surface area contributed by atoms with E-state index < -0.39 is 6.10 Å². The molecule has 1 unspecified atom stereocenters. The largest absolute Gasteiger partial charge is 0.481 e. The lowest BCUT2D eigenvalue weighted by molar-refractivity contribution is -0.122. The predicted octanol–water partition coefficient (Wildman–Crippen LogP) is 3.29. The predicted molar refractivity (Wildman–Crippen MR) is 96.8 cm³/mol. The van der Waals surface area contributed by atoms with Gasteiger partial charge in [-0.25, -0.2) is 0 Å². The molecule has 0 heterocycles. The van der Waals surface area contributed by atoms with Gasteiger partial charge in [0.05, 0.1) is 11.3 Å². The highest BCUT2D eigenvalue weighted by Gasteiger charge is 2.25. The molecule has 5 heteroatoms. The number of hydrogen-bond donors (Lipinski definition) is 2. The Morgan fingerprint density at radius 2 is 1.76 bits per heavy atom. The van der Waals surface area contributed by atoms with E-state index in [1.54, 1.807) is 31.2 Å². The van der Waals surface area contributed by atoms with Crippen LogP contribution in [0.1, 0.15) is 35.7 Å². The van der Waals surface area contributed by atoms with E-state index in [2.05, 4.69) is 10.6 Å². The molecule has 0 radical (unpaired) electrons. The zero-order chi connectivity index (χ0) is 17.8. The topological polar surface area (TPSA) is 67.4 Å². The minimum atomic E-state index is -0.678. The van der Waals surface area contributed by atoms with Crippen molar-refractivity contribution in [1.29, 1.82) is 0 Å². The second kappa shape index (κ2) is 7.38. The van der Waals surface area contributed by atoms with E-state index in [0.29, 0.717) is 17.0 Å². The van der Waals surface area contributed by atoms with Crippen LogP contribution in [0.4, 0.5) is 5.69 Å². The van der Waals surface area contributed by atoms with Crippen molar-refractivity contribution < 1.29 is 14.3 Å². The average Bonchev–Trinajstić information content (AvgIpc) is 3.41. The van der Waals surface area contributed by atoms with Crippen LogP contribution in [0.15, 0.2) is 48.5 Å². The summed E-state index contributed by atoms with van der Waals surface area (Å²) in [6.07, 6.45) is 1.35. The Morgan fingerprint density at radius 3 is 2.44 bits per heavy atom. The quantitative estimate of drug-likeness (QED) is 0.849. The Kier molecular flexibility index (Phi) is 5.03. The number of benzene rings is 2. The number of para-hydroxylation sites is 1. The lowest BCUT2D eigenvalue weighted by atomic mass is 10.1. The maximum atomic E-state index is 12.4. The van der Waals surface area contributed by atoms with Crippen molar-refractivity contribution in [2.45, 2.75) is 38.8 Å². The van der Waals surface area contributed by atoms with E-state index in [1.165, 1.54) is 0 Å². The summed E-state index contributed by atoms with van der Waals surface area (Å²) in [7, 11) is 0. The zero-order valence-electron chi connectivity index (χ0n) is 14.4. The number of aryl methyl sites for hydroxylation is 1. The molecule has 1 atom stereocenters. The number of rotatable bonds is 6. The van der Waals surface area contributed by atoms with Gasteiger partial charge in [-0.05, 0) is 51.0 Å². The molecule has 130 valence electrons. The Hall–Kier alpha value is -2.82. The zero-order valence-corrected chi connectivity index (χ0v) is 14.4. The smallest absolute Gasteiger partial charge is 0.265 e. The number of carbonyl (C=O) groups excluding carboxylic acids is 2. The summed E-state index contributed by atoms with van der Waals surface area (Å²) in [5, 5.41) is 5.73. The molecule has 0 aromatic heterocycles. The number of ether oxygens (including phenoxy) is 1. The van der Waals surface area contributed by atoms with Crippen LogP contribution in [0.3, 0.4) is 0 Å². The van der Waals surface area contributed by atoms with Gasteiger partial charge in [0.1, 0.15) is 5.75 Å². The lowest BCUT2D eigenvalue weighted by Crippen LogP contribution is -2.32. The fourth-order valence-electron chi connectivity index (χ4n) is 2.39. The van der Waals surface area contributed by atoms with E-state index in [0.717, 1.165) is 18.4 Å². The first-order chi connectivity index (χ1) is 12.0. The second-order valence-corrected chi connectivity index (χ2v) is 6.36. The number of nitrogens with one attached hydrogen (secondary N) is 2. The lowest BCUT2D eigenvalue weighted by Gasteiger charge is -2.16. The van der Waals surface area contributed by atoms with Gasteiger partial charge in [0.15, 0.2) is 6.10 Å². The average molecular weight is 338 g/mol. The SMILES string of the molecule is Cc1ccc(OC(C)C(=O)Nc2ccccc2C(=O)NC2CC2)cc1. The summed E-state index contributed by atoms with van der Waals surface area (Å²) in [6.45, 7) is 3.67. The molecule has 1 aliphatic carbocycles. The van der Waals surface area contributed by atoms with E-state index >= 15 is 0 Å². The second-order valence-electron chi connectivity index (χ2n) is 6.36. The molecule has 0 saturated heterocycles. The first kappa shape index (κ1) is 17.0. The molecule has 0 aliphatic heterocycles. The van der Waals surface area contributed by atoms with Crippen molar-refractivity contribution in [3.63, 3.8) is 0 Å². The van der Waals surface area contributed by atoms with Gasteiger partial charge >= 0.3 is 0 Å². The molecule has 25 heavy (non-hydrogen) atoms. The number of carbonyl (C=O) groups is 2. The Morgan fingerprint density at radius 1 is 1.08 bits per heavy atom. The molecule has 0 spiro atoms. The summed E-state index contributed by atoms with van der Waals surface area (Å²) in [6, 6.07) is 14.8. The summed E-state index contributed by atoms with van der Waals surface area (Å²) in [4.78, 5) is 24.7. The van der Waals surface area contributed by atoms with Gasteiger partial charge in [-0.1, -0.05) is 29.8 Å². The van der Waals surface area contributed by atoms with Crippen molar-refractivity contribution in [2.24, 2.45) is 0 Å². The van der Waals surface area contributed by atoms with Crippen LogP contribution in [0.5, 0.6) is 5.75 Å². The van der Waals surface area contributed by atoms with Gasteiger partial charge in [0.2, 0.25) is 0 Å². The highest BCUT2D eigenvalue weighted by molar-refractivity contribution is 6.04.